The van der Waals surface area contributed by atoms with E-state index in [1.54, 1.807) is 24.4 Å². The molecule has 7 heteroatoms. The Labute approximate surface area is 138 Å². The summed E-state index contributed by atoms with van der Waals surface area (Å²) in [5, 5.41) is 9.90. The Bertz CT molecular complexity index is 759. The topological polar surface area (TPSA) is 82.8 Å². The van der Waals surface area contributed by atoms with Gasteiger partial charge in [-0.15, -0.1) is 0 Å². The van der Waals surface area contributed by atoms with Gasteiger partial charge in [0.05, 0.1) is 31.9 Å². The van der Waals surface area contributed by atoms with Crippen molar-refractivity contribution in [2.75, 3.05) is 20.3 Å². The fourth-order valence-electron chi connectivity index (χ4n) is 3.40. The molecule has 2 aliphatic rings. The molecule has 2 aliphatic heterocycles. The number of esters is 1. The van der Waals surface area contributed by atoms with Crippen LogP contribution in [0.25, 0.3) is 11.4 Å². The van der Waals surface area contributed by atoms with Crippen LogP contribution in [0.15, 0.2) is 36.7 Å². The number of aliphatic hydroxyl groups excluding tert-OH is 1. The SMILES string of the molecule is COC(=O)c1cccc(-c2nccn2[C@H]2CO[C@H]3[C@@H]2OC[C@H]3O)c1. The molecule has 0 unspecified atom stereocenters. The quantitative estimate of drug-likeness (QED) is 0.847. The number of ether oxygens (including phenoxy) is 3. The van der Waals surface area contributed by atoms with Crippen LogP contribution in [0.5, 0.6) is 0 Å². The number of hydrogen-bond acceptors (Lipinski definition) is 6. The number of hydrogen-bond donors (Lipinski definition) is 1. The summed E-state index contributed by atoms with van der Waals surface area (Å²) in [6.07, 6.45) is 2.49. The van der Waals surface area contributed by atoms with Gasteiger partial charge >= 0.3 is 5.97 Å². The average Bonchev–Trinajstić information content (AvgIpc) is 3.31. The van der Waals surface area contributed by atoms with Crippen molar-refractivity contribution >= 4 is 5.97 Å². The summed E-state index contributed by atoms with van der Waals surface area (Å²) in [6, 6.07) is 7.08. The molecule has 24 heavy (non-hydrogen) atoms. The highest BCUT2D eigenvalue weighted by Gasteiger charge is 2.48. The third-order valence-corrected chi connectivity index (χ3v) is 4.57. The lowest BCUT2D eigenvalue weighted by molar-refractivity contribution is 0.0172. The number of carbonyl (C=O) groups is 1. The Kier molecular flexibility index (Phi) is 3.84. The smallest absolute Gasteiger partial charge is 0.337 e. The number of benzene rings is 1. The van der Waals surface area contributed by atoms with Gasteiger partial charge in [0.15, 0.2) is 0 Å². The molecule has 1 aromatic carbocycles. The average molecular weight is 330 g/mol. The summed E-state index contributed by atoms with van der Waals surface area (Å²) < 4.78 is 18.2. The van der Waals surface area contributed by atoms with E-state index in [0.717, 1.165) is 11.4 Å². The zero-order valence-corrected chi connectivity index (χ0v) is 13.2. The minimum Gasteiger partial charge on any atom is -0.465 e. The molecule has 1 aromatic heterocycles. The van der Waals surface area contributed by atoms with Crippen molar-refractivity contribution < 1.29 is 24.1 Å². The van der Waals surface area contributed by atoms with Gasteiger partial charge in [0.1, 0.15) is 24.1 Å². The largest absolute Gasteiger partial charge is 0.465 e. The lowest BCUT2D eigenvalue weighted by Crippen LogP contribution is -2.30. The minimum atomic E-state index is -0.588. The van der Waals surface area contributed by atoms with Gasteiger partial charge in [-0.25, -0.2) is 9.78 Å². The maximum Gasteiger partial charge on any atom is 0.337 e. The number of methoxy groups -OCH3 is 1. The first-order chi connectivity index (χ1) is 11.7. The number of nitrogens with zero attached hydrogens (tertiary/aromatic N) is 2. The predicted octanol–water partition coefficient (Wildman–Crippen LogP) is 1.04. The molecule has 2 saturated heterocycles. The summed E-state index contributed by atoms with van der Waals surface area (Å²) in [5.41, 5.74) is 1.28. The maximum absolute atomic E-state index is 11.7. The molecule has 0 radical (unpaired) electrons. The van der Waals surface area contributed by atoms with Gasteiger partial charge in [-0.3, -0.25) is 0 Å². The van der Waals surface area contributed by atoms with E-state index in [4.69, 9.17) is 14.2 Å². The third-order valence-electron chi connectivity index (χ3n) is 4.57. The van der Waals surface area contributed by atoms with E-state index in [9.17, 15) is 9.90 Å². The summed E-state index contributed by atoms with van der Waals surface area (Å²) in [4.78, 5) is 16.2. The van der Waals surface area contributed by atoms with Crippen LogP contribution in [0, 0.1) is 0 Å². The van der Waals surface area contributed by atoms with Crippen LogP contribution in [0.1, 0.15) is 16.4 Å². The van der Waals surface area contributed by atoms with Crippen LogP contribution in [0.3, 0.4) is 0 Å². The lowest BCUT2D eigenvalue weighted by atomic mass is 10.1. The molecule has 0 bridgehead atoms. The minimum absolute atomic E-state index is 0.0635. The van der Waals surface area contributed by atoms with Gasteiger partial charge < -0.3 is 23.9 Å². The number of aromatic nitrogens is 2. The first kappa shape index (κ1) is 15.3. The van der Waals surface area contributed by atoms with E-state index in [0.29, 0.717) is 12.2 Å². The van der Waals surface area contributed by atoms with Crippen molar-refractivity contribution in [1.82, 2.24) is 9.55 Å². The highest BCUT2D eigenvalue weighted by Crippen LogP contribution is 2.36. The Morgan fingerprint density at radius 3 is 3.00 bits per heavy atom. The molecule has 1 N–H and O–H groups in total. The molecule has 7 nitrogen and oxygen atoms in total. The van der Waals surface area contributed by atoms with Crippen LogP contribution < -0.4 is 0 Å². The van der Waals surface area contributed by atoms with Gasteiger partial charge in [-0.05, 0) is 12.1 Å². The second kappa shape index (κ2) is 6.01. The fraction of sp³-hybridized carbons (Fsp3) is 0.412. The van der Waals surface area contributed by atoms with Crippen LogP contribution >= 0.6 is 0 Å². The van der Waals surface area contributed by atoms with Gasteiger partial charge in [0.2, 0.25) is 0 Å². The second-order valence-electron chi connectivity index (χ2n) is 5.96. The van der Waals surface area contributed by atoms with E-state index < -0.39 is 6.10 Å². The van der Waals surface area contributed by atoms with Gasteiger partial charge in [0.25, 0.3) is 0 Å². The maximum atomic E-state index is 11.7. The molecule has 4 atom stereocenters. The van der Waals surface area contributed by atoms with E-state index in [2.05, 4.69) is 4.98 Å². The van der Waals surface area contributed by atoms with Crippen molar-refractivity contribution in [2.45, 2.75) is 24.4 Å². The highest BCUT2D eigenvalue weighted by molar-refractivity contribution is 5.90. The van der Waals surface area contributed by atoms with E-state index >= 15 is 0 Å². The highest BCUT2D eigenvalue weighted by atomic mass is 16.6. The summed E-state index contributed by atoms with van der Waals surface area (Å²) in [6.45, 7) is 0.736. The number of carbonyl (C=O) groups excluding carboxylic acids is 1. The van der Waals surface area contributed by atoms with Crippen molar-refractivity contribution in [1.29, 1.82) is 0 Å². The van der Waals surface area contributed by atoms with Gasteiger partial charge in [-0.1, -0.05) is 12.1 Å². The Morgan fingerprint density at radius 1 is 1.33 bits per heavy atom. The first-order valence-corrected chi connectivity index (χ1v) is 7.82. The van der Waals surface area contributed by atoms with Gasteiger partial charge in [-0.2, -0.15) is 0 Å². The normalized spacial score (nSPS) is 28.8. The number of aliphatic hydroxyl groups is 1. The molecule has 4 rings (SSSR count). The zero-order chi connectivity index (χ0) is 16.7. The Hall–Kier alpha value is -2.22. The Balaban J connectivity index is 1.68. The number of rotatable bonds is 3. The third kappa shape index (κ3) is 2.41. The molecule has 3 heterocycles. The zero-order valence-electron chi connectivity index (χ0n) is 13.2. The summed E-state index contributed by atoms with van der Waals surface area (Å²) in [7, 11) is 1.36. The standard InChI is InChI=1S/C17H18N2O5/c1-22-17(21)11-4-2-3-10(7-11)16-18-5-6-19(16)12-8-23-15-13(20)9-24-14(12)15/h2-7,12-15,20H,8-9H2,1H3/t12-,13+,14+,15+/m0/s1. The summed E-state index contributed by atoms with van der Waals surface area (Å²) in [5.74, 6) is 0.335. The monoisotopic (exact) mass is 330 g/mol. The van der Waals surface area contributed by atoms with Crippen LogP contribution in [-0.4, -0.2) is 59.3 Å². The second-order valence-corrected chi connectivity index (χ2v) is 5.96. The molecule has 0 saturated carbocycles. The van der Waals surface area contributed by atoms with E-state index in [1.165, 1.54) is 7.11 Å². The van der Waals surface area contributed by atoms with Crippen molar-refractivity contribution in [3.05, 3.63) is 42.2 Å². The van der Waals surface area contributed by atoms with Crippen molar-refractivity contribution in [3.8, 4) is 11.4 Å². The lowest BCUT2D eigenvalue weighted by Gasteiger charge is -2.19. The molecule has 0 spiro atoms. The van der Waals surface area contributed by atoms with Crippen molar-refractivity contribution in [2.24, 2.45) is 0 Å². The molecule has 2 aromatic rings. The van der Waals surface area contributed by atoms with E-state index in [1.807, 2.05) is 16.8 Å². The predicted molar refractivity (Wildman–Crippen MR) is 83.5 cm³/mol. The molecule has 0 aliphatic carbocycles. The van der Waals surface area contributed by atoms with Crippen LogP contribution in [0.2, 0.25) is 0 Å². The van der Waals surface area contributed by atoms with Crippen molar-refractivity contribution in [3.63, 3.8) is 0 Å². The van der Waals surface area contributed by atoms with E-state index in [-0.39, 0.29) is 30.8 Å². The number of fused-ring (bicyclic) bond motifs is 1. The molecule has 0 amide bonds. The molecular weight excluding hydrogens is 312 g/mol. The number of imidazole rings is 1. The molecular formula is C17H18N2O5. The van der Waals surface area contributed by atoms with Crippen LogP contribution in [0.4, 0.5) is 0 Å². The van der Waals surface area contributed by atoms with Gasteiger partial charge in [0, 0.05) is 18.0 Å². The molecule has 2 fully saturated rings. The fourth-order valence-corrected chi connectivity index (χ4v) is 3.40. The first-order valence-electron chi connectivity index (χ1n) is 7.82. The Morgan fingerprint density at radius 2 is 2.17 bits per heavy atom. The van der Waals surface area contributed by atoms with Crippen LogP contribution in [-0.2, 0) is 14.2 Å². The molecule has 126 valence electrons. The summed E-state index contributed by atoms with van der Waals surface area (Å²) >= 11 is 0.